The van der Waals surface area contributed by atoms with Crippen molar-refractivity contribution in [1.82, 2.24) is 15.1 Å². The summed E-state index contributed by atoms with van der Waals surface area (Å²) in [4.78, 5) is 12.2. The van der Waals surface area contributed by atoms with Crippen LogP contribution in [-0.4, -0.2) is 28.8 Å². The van der Waals surface area contributed by atoms with E-state index >= 15 is 0 Å². The van der Waals surface area contributed by atoms with E-state index in [1.165, 1.54) is 0 Å². The molecule has 0 saturated carbocycles. The topological polar surface area (TPSA) is 59.0 Å². The molecule has 112 valence electrons. The van der Waals surface area contributed by atoms with Gasteiger partial charge < -0.3 is 10.6 Å². The van der Waals surface area contributed by atoms with Crippen molar-refractivity contribution in [2.24, 2.45) is 5.92 Å². The van der Waals surface area contributed by atoms with Gasteiger partial charge in [-0.25, -0.2) is 4.68 Å². The van der Waals surface area contributed by atoms with Crippen molar-refractivity contribution in [3.05, 3.63) is 42.7 Å². The second kappa shape index (κ2) is 7.24. The minimum atomic E-state index is 0. The molecule has 1 saturated heterocycles. The molecule has 3 rings (SSSR count). The van der Waals surface area contributed by atoms with Crippen LogP contribution in [0.2, 0.25) is 0 Å². The number of amides is 1. The first-order valence-corrected chi connectivity index (χ1v) is 6.94. The van der Waals surface area contributed by atoms with Gasteiger partial charge in [0, 0.05) is 24.6 Å². The van der Waals surface area contributed by atoms with Crippen molar-refractivity contribution in [3.8, 4) is 5.69 Å². The highest BCUT2D eigenvalue weighted by atomic mass is 35.5. The van der Waals surface area contributed by atoms with Crippen LogP contribution in [0.15, 0.2) is 42.7 Å². The van der Waals surface area contributed by atoms with Gasteiger partial charge in [-0.2, -0.15) is 5.10 Å². The number of nitrogens with zero attached hydrogens (tertiary/aromatic N) is 2. The Kier molecular flexibility index (Phi) is 5.36. The Labute approximate surface area is 130 Å². The maximum absolute atomic E-state index is 12.2. The van der Waals surface area contributed by atoms with E-state index in [1.54, 1.807) is 10.9 Å². The van der Waals surface area contributed by atoms with Gasteiger partial charge in [-0.15, -0.1) is 12.4 Å². The predicted molar refractivity (Wildman–Crippen MR) is 85.0 cm³/mol. The van der Waals surface area contributed by atoms with Crippen LogP contribution >= 0.6 is 12.4 Å². The lowest BCUT2D eigenvalue weighted by Gasteiger charge is -2.22. The van der Waals surface area contributed by atoms with Crippen LogP contribution in [0.1, 0.15) is 12.8 Å². The monoisotopic (exact) mass is 306 g/mol. The predicted octanol–water partition coefficient (Wildman–Crippen LogP) is 2.23. The van der Waals surface area contributed by atoms with Gasteiger partial charge in [0.15, 0.2) is 0 Å². The fraction of sp³-hybridized carbons (Fsp3) is 0.333. The number of hydrogen-bond donors (Lipinski definition) is 2. The van der Waals surface area contributed by atoms with Gasteiger partial charge >= 0.3 is 0 Å². The smallest absolute Gasteiger partial charge is 0.228 e. The molecule has 21 heavy (non-hydrogen) atoms. The van der Waals surface area contributed by atoms with Crippen LogP contribution in [0.4, 0.5) is 5.69 Å². The molecule has 1 unspecified atom stereocenters. The van der Waals surface area contributed by atoms with Crippen LogP contribution < -0.4 is 10.6 Å². The Morgan fingerprint density at radius 2 is 2.29 bits per heavy atom. The van der Waals surface area contributed by atoms with Crippen LogP contribution in [0.5, 0.6) is 0 Å². The molecule has 1 aromatic heterocycles. The number of hydrogen-bond acceptors (Lipinski definition) is 3. The number of carbonyl (C=O) groups excluding carboxylic acids is 1. The Balaban J connectivity index is 0.00000161. The van der Waals surface area contributed by atoms with E-state index in [2.05, 4.69) is 15.7 Å². The Bertz CT molecular complexity index is 579. The number of halogens is 1. The summed E-state index contributed by atoms with van der Waals surface area (Å²) in [5.41, 5.74) is 1.75. The average Bonchev–Trinajstić information content (AvgIpc) is 3.03. The summed E-state index contributed by atoms with van der Waals surface area (Å²) in [6.45, 7) is 1.78. The summed E-state index contributed by atoms with van der Waals surface area (Å²) in [5, 5.41) is 10.4. The fourth-order valence-corrected chi connectivity index (χ4v) is 2.47. The molecule has 0 bridgehead atoms. The normalized spacial score (nSPS) is 17.8. The second-order valence-electron chi connectivity index (χ2n) is 5.03. The standard InChI is InChI=1S/C15H18N4O.ClH/c20-15(12-4-2-7-16-11-12)18-13-5-1-6-14(10-13)19-9-3-8-17-19;/h1,3,5-6,8-10,12,16H,2,4,7,11H2,(H,18,20);1H. The first kappa shape index (κ1) is 15.5. The van der Waals surface area contributed by atoms with E-state index in [0.29, 0.717) is 0 Å². The molecule has 1 amide bonds. The summed E-state index contributed by atoms with van der Waals surface area (Å²) in [6, 6.07) is 9.60. The number of rotatable bonds is 3. The molecule has 2 N–H and O–H groups in total. The molecular weight excluding hydrogens is 288 g/mol. The largest absolute Gasteiger partial charge is 0.326 e. The third-order valence-electron chi connectivity index (χ3n) is 3.55. The third kappa shape index (κ3) is 3.83. The van der Waals surface area contributed by atoms with E-state index in [1.807, 2.05) is 36.5 Å². The first-order valence-electron chi connectivity index (χ1n) is 6.94. The molecule has 1 aromatic carbocycles. The molecule has 0 spiro atoms. The molecule has 2 aromatic rings. The van der Waals surface area contributed by atoms with Crippen molar-refractivity contribution in [2.75, 3.05) is 18.4 Å². The Morgan fingerprint density at radius 3 is 3.00 bits per heavy atom. The zero-order valence-corrected chi connectivity index (χ0v) is 12.5. The number of aromatic nitrogens is 2. The van der Waals surface area contributed by atoms with Gasteiger partial charge in [0.2, 0.25) is 5.91 Å². The Hall–Kier alpha value is -1.85. The van der Waals surface area contributed by atoms with E-state index < -0.39 is 0 Å². The number of carbonyl (C=O) groups is 1. The summed E-state index contributed by atoms with van der Waals surface area (Å²) in [5.74, 6) is 0.159. The lowest BCUT2D eigenvalue weighted by Crippen LogP contribution is -2.37. The zero-order valence-electron chi connectivity index (χ0n) is 11.7. The third-order valence-corrected chi connectivity index (χ3v) is 3.55. The molecule has 1 atom stereocenters. The van der Waals surface area contributed by atoms with Gasteiger partial charge in [-0.3, -0.25) is 4.79 Å². The number of nitrogens with one attached hydrogen (secondary N) is 2. The van der Waals surface area contributed by atoms with Gasteiger partial charge in [0.25, 0.3) is 0 Å². The SMILES string of the molecule is Cl.O=C(Nc1cccc(-n2cccn2)c1)C1CCCNC1. The molecule has 5 nitrogen and oxygen atoms in total. The molecule has 2 heterocycles. The minimum Gasteiger partial charge on any atom is -0.326 e. The van der Waals surface area contributed by atoms with Crippen molar-refractivity contribution >= 4 is 24.0 Å². The molecule has 0 radical (unpaired) electrons. The van der Waals surface area contributed by atoms with Gasteiger partial charge in [0.05, 0.1) is 11.6 Å². The van der Waals surface area contributed by atoms with E-state index in [-0.39, 0.29) is 24.2 Å². The fourth-order valence-electron chi connectivity index (χ4n) is 2.47. The number of piperidine rings is 1. The Morgan fingerprint density at radius 1 is 1.38 bits per heavy atom. The highest BCUT2D eigenvalue weighted by molar-refractivity contribution is 5.93. The summed E-state index contributed by atoms with van der Waals surface area (Å²) < 4.78 is 1.78. The van der Waals surface area contributed by atoms with Crippen LogP contribution in [0.25, 0.3) is 5.69 Å². The average molecular weight is 307 g/mol. The molecule has 6 heteroatoms. The highest BCUT2D eigenvalue weighted by Crippen LogP contribution is 2.17. The van der Waals surface area contributed by atoms with Gasteiger partial charge in [-0.1, -0.05) is 6.07 Å². The zero-order chi connectivity index (χ0) is 13.8. The molecule has 0 aliphatic carbocycles. The maximum atomic E-state index is 12.2. The molecule has 1 aliphatic rings. The summed E-state index contributed by atoms with van der Waals surface area (Å²) in [6.07, 6.45) is 5.63. The van der Waals surface area contributed by atoms with Gasteiger partial charge in [0.1, 0.15) is 0 Å². The highest BCUT2D eigenvalue weighted by Gasteiger charge is 2.20. The lowest BCUT2D eigenvalue weighted by molar-refractivity contribution is -0.120. The number of anilines is 1. The van der Waals surface area contributed by atoms with Crippen LogP contribution in [0.3, 0.4) is 0 Å². The van der Waals surface area contributed by atoms with Crippen LogP contribution in [0, 0.1) is 5.92 Å². The summed E-state index contributed by atoms with van der Waals surface area (Å²) in [7, 11) is 0. The van der Waals surface area contributed by atoms with E-state index in [9.17, 15) is 4.79 Å². The molecule has 1 aliphatic heterocycles. The van der Waals surface area contributed by atoms with Crippen molar-refractivity contribution in [2.45, 2.75) is 12.8 Å². The number of benzene rings is 1. The van der Waals surface area contributed by atoms with Crippen molar-refractivity contribution in [3.63, 3.8) is 0 Å². The van der Waals surface area contributed by atoms with Gasteiger partial charge in [-0.05, 0) is 43.7 Å². The van der Waals surface area contributed by atoms with E-state index in [4.69, 9.17) is 0 Å². The second-order valence-corrected chi connectivity index (χ2v) is 5.03. The van der Waals surface area contributed by atoms with Crippen molar-refractivity contribution in [1.29, 1.82) is 0 Å². The first-order chi connectivity index (χ1) is 9.83. The van der Waals surface area contributed by atoms with Crippen LogP contribution in [-0.2, 0) is 4.79 Å². The molecule has 1 fully saturated rings. The van der Waals surface area contributed by atoms with E-state index in [0.717, 1.165) is 37.3 Å². The lowest BCUT2D eigenvalue weighted by atomic mass is 9.99. The summed E-state index contributed by atoms with van der Waals surface area (Å²) >= 11 is 0. The molecular formula is C15H19ClN4O. The maximum Gasteiger partial charge on any atom is 0.228 e. The minimum absolute atomic E-state index is 0. The quantitative estimate of drug-likeness (QED) is 0.914. The van der Waals surface area contributed by atoms with Crippen molar-refractivity contribution < 1.29 is 4.79 Å².